The van der Waals surface area contributed by atoms with Gasteiger partial charge in [-0.2, -0.15) is 0 Å². The fraction of sp³-hybridized carbons (Fsp3) is 0.444. The summed E-state index contributed by atoms with van der Waals surface area (Å²) in [5, 5.41) is 0. The molecule has 1 heterocycles. The summed E-state index contributed by atoms with van der Waals surface area (Å²) in [4.78, 5) is 11.9. The maximum atomic E-state index is 11.1. The number of carbonyl (C=O) groups is 1. The van der Waals surface area contributed by atoms with Gasteiger partial charge in [0.25, 0.3) is 0 Å². The monoisotopic (exact) mass is 200 g/mol. The van der Waals surface area contributed by atoms with Crippen LogP contribution in [0.2, 0.25) is 0 Å². The van der Waals surface area contributed by atoms with Gasteiger partial charge in [0.15, 0.2) is 0 Å². The molecule has 0 unspecified atom stereocenters. The molecule has 3 nitrogen and oxygen atoms in total. The maximum Gasteiger partial charge on any atom is 0.320 e. The van der Waals surface area contributed by atoms with Crippen molar-refractivity contribution in [3.63, 3.8) is 0 Å². The molecular weight excluding hydrogens is 188 g/mol. The molecular formula is C9H12O3S. The van der Waals surface area contributed by atoms with Crippen LogP contribution < -0.4 is 0 Å². The van der Waals surface area contributed by atoms with Crippen molar-refractivity contribution >= 4 is 18.0 Å². The molecule has 0 aliphatic rings. The highest BCUT2D eigenvalue weighted by Gasteiger charge is 2.11. The van der Waals surface area contributed by atoms with Crippen LogP contribution in [-0.4, -0.2) is 5.97 Å². The minimum Gasteiger partial charge on any atom is -0.468 e. The Balaban J connectivity index is 2.44. The van der Waals surface area contributed by atoms with Gasteiger partial charge in [0.05, 0.1) is 29.1 Å². The highest BCUT2D eigenvalue weighted by atomic mass is 32.2. The molecule has 0 aromatic carbocycles. The van der Waals surface area contributed by atoms with Crippen LogP contribution in [0.1, 0.15) is 19.6 Å². The van der Waals surface area contributed by atoms with Gasteiger partial charge in [-0.1, -0.05) is 13.8 Å². The lowest BCUT2D eigenvalue weighted by Crippen LogP contribution is -2.06. The van der Waals surface area contributed by atoms with Gasteiger partial charge in [0.1, 0.15) is 5.76 Å². The van der Waals surface area contributed by atoms with Crippen molar-refractivity contribution < 1.29 is 13.4 Å². The Morgan fingerprint density at radius 2 is 2.31 bits per heavy atom. The number of carbonyl (C=O) groups excluding carboxylic acids is 1. The summed E-state index contributed by atoms with van der Waals surface area (Å²) in [6.45, 7) is 5.42. The van der Waals surface area contributed by atoms with Gasteiger partial charge in [-0.05, 0) is 13.0 Å². The third kappa shape index (κ3) is 2.81. The third-order valence-corrected chi connectivity index (χ3v) is 2.35. The van der Waals surface area contributed by atoms with Crippen molar-refractivity contribution in [2.45, 2.75) is 25.7 Å². The summed E-state index contributed by atoms with van der Waals surface area (Å²) < 4.78 is 9.99. The molecule has 0 spiro atoms. The molecule has 0 atom stereocenters. The molecule has 1 aromatic heterocycles. The zero-order valence-corrected chi connectivity index (χ0v) is 8.68. The third-order valence-electron chi connectivity index (χ3n) is 1.50. The summed E-state index contributed by atoms with van der Waals surface area (Å²) >= 11 is 1.05. The van der Waals surface area contributed by atoms with Gasteiger partial charge in [-0.3, -0.25) is 4.79 Å². The van der Waals surface area contributed by atoms with Gasteiger partial charge < -0.3 is 8.60 Å². The molecule has 0 aliphatic heterocycles. The van der Waals surface area contributed by atoms with E-state index in [9.17, 15) is 4.79 Å². The zero-order valence-electron chi connectivity index (χ0n) is 7.87. The van der Waals surface area contributed by atoms with Crippen LogP contribution in [0.4, 0.5) is 0 Å². The van der Waals surface area contributed by atoms with Gasteiger partial charge in [0, 0.05) is 0 Å². The number of hydrogen-bond donors (Lipinski definition) is 0. The Morgan fingerprint density at radius 1 is 1.62 bits per heavy atom. The van der Waals surface area contributed by atoms with E-state index in [0.29, 0.717) is 0 Å². The summed E-state index contributed by atoms with van der Waals surface area (Å²) in [5.41, 5.74) is 0. The first-order chi connectivity index (χ1) is 6.11. The number of aryl methyl sites for hydroxylation is 1. The minimum absolute atomic E-state index is 0.0975. The summed E-state index contributed by atoms with van der Waals surface area (Å²) in [6, 6.07) is 1.77. The predicted molar refractivity (Wildman–Crippen MR) is 50.2 cm³/mol. The van der Waals surface area contributed by atoms with Crippen molar-refractivity contribution in [3.8, 4) is 0 Å². The minimum atomic E-state index is -0.217. The number of hydrogen-bond acceptors (Lipinski definition) is 4. The zero-order chi connectivity index (χ0) is 9.84. The van der Waals surface area contributed by atoms with Crippen LogP contribution in [0.3, 0.4) is 0 Å². The van der Waals surface area contributed by atoms with E-state index in [2.05, 4.69) is 0 Å². The van der Waals surface area contributed by atoms with E-state index in [1.165, 1.54) is 0 Å². The van der Waals surface area contributed by atoms with E-state index in [1.807, 2.05) is 6.92 Å². The van der Waals surface area contributed by atoms with Crippen molar-refractivity contribution in [3.05, 3.63) is 18.1 Å². The first-order valence-electron chi connectivity index (χ1n) is 4.03. The Kier molecular flexibility index (Phi) is 3.42. The quantitative estimate of drug-likeness (QED) is 0.703. The van der Waals surface area contributed by atoms with Gasteiger partial charge in [-0.25, -0.2) is 0 Å². The fourth-order valence-corrected chi connectivity index (χ4v) is 1.28. The topological polar surface area (TPSA) is 39.4 Å². The second-order valence-corrected chi connectivity index (χ2v) is 3.75. The fourth-order valence-electron chi connectivity index (χ4n) is 0.642. The molecule has 0 amide bonds. The Labute approximate surface area is 81.7 Å². The van der Waals surface area contributed by atoms with E-state index in [0.717, 1.165) is 22.7 Å². The second-order valence-electron chi connectivity index (χ2n) is 2.98. The van der Waals surface area contributed by atoms with E-state index >= 15 is 0 Å². The normalized spacial score (nSPS) is 10.5. The van der Waals surface area contributed by atoms with Gasteiger partial charge in [-0.15, -0.1) is 0 Å². The summed E-state index contributed by atoms with van der Waals surface area (Å²) in [7, 11) is 0. The first-order valence-corrected chi connectivity index (χ1v) is 4.78. The lowest BCUT2D eigenvalue weighted by molar-refractivity contribution is -0.136. The molecule has 0 bridgehead atoms. The molecule has 1 rings (SSSR count). The van der Waals surface area contributed by atoms with Crippen molar-refractivity contribution in [2.24, 2.45) is 5.92 Å². The molecule has 13 heavy (non-hydrogen) atoms. The van der Waals surface area contributed by atoms with Crippen molar-refractivity contribution in [2.75, 3.05) is 0 Å². The molecule has 0 fully saturated rings. The molecule has 4 heteroatoms. The van der Waals surface area contributed by atoms with E-state index in [4.69, 9.17) is 8.60 Å². The average Bonchev–Trinajstić information content (AvgIpc) is 2.47. The highest BCUT2D eigenvalue weighted by molar-refractivity contribution is 7.95. The lowest BCUT2D eigenvalue weighted by atomic mass is 10.2. The van der Waals surface area contributed by atoms with Crippen LogP contribution >= 0.6 is 12.0 Å². The maximum absolute atomic E-state index is 11.1. The molecule has 0 saturated carbocycles. The highest BCUT2D eigenvalue weighted by Crippen LogP contribution is 2.24. The van der Waals surface area contributed by atoms with Crippen LogP contribution in [0, 0.1) is 12.8 Å². The Bertz CT molecular complexity index is 291. The SMILES string of the molecule is Cc1occc1SOC(=O)C(C)C. The molecule has 1 aromatic rings. The standard InChI is InChI=1S/C9H12O3S/c1-6(2)9(10)12-13-8-4-5-11-7(8)3/h4-6H,1-3H3. The van der Waals surface area contributed by atoms with E-state index < -0.39 is 0 Å². The largest absolute Gasteiger partial charge is 0.468 e. The Morgan fingerprint density at radius 3 is 2.77 bits per heavy atom. The first kappa shape index (κ1) is 10.2. The van der Waals surface area contributed by atoms with E-state index in [1.54, 1.807) is 26.2 Å². The summed E-state index contributed by atoms with van der Waals surface area (Å²) in [6.07, 6.45) is 1.57. The average molecular weight is 200 g/mol. The molecule has 0 radical (unpaired) electrons. The van der Waals surface area contributed by atoms with E-state index in [-0.39, 0.29) is 11.9 Å². The molecule has 0 N–H and O–H groups in total. The number of furan rings is 1. The van der Waals surface area contributed by atoms with Crippen LogP contribution in [0.25, 0.3) is 0 Å². The smallest absolute Gasteiger partial charge is 0.320 e. The molecule has 72 valence electrons. The van der Waals surface area contributed by atoms with Crippen molar-refractivity contribution in [1.82, 2.24) is 0 Å². The molecule has 0 aliphatic carbocycles. The van der Waals surface area contributed by atoms with Crippen LogP contribution in [0.5, 0.6) is 0 Å². The van der Waals surface area contributed by atoms with Gasteiger partial charge in [0.2, 0.25) is 0 Å². The summed E-state index contributed by atoms with van der Waals surface area (Å²) in [5.74, 6) is 0.451. The number of rotatable bonds is 3. The lowest BCUT2D eigenvalue weighted by Gasteiger charge is -2.03. The second kappa shape index (κ2) is 4.37. The van der Waals surface area contributed by atoms with Crippen molar-refractivity contribution in [1.29, 1.82) is 0 Å². The van der Waals surface area contributed by atoms with Crippen LogP contribution in [-0.2, 0) is 8.98 Å². The predicted octanol–water partition coefficient (Wildman–Crippen LogP) is 2.79. The van der Waals surface area contributed by atoms with Gasteiger partial charge >= 0.3 is 5.97 Å². The Hall–Kier alpha value is -0.900. The molecule has 0 saturated heterocycles. The van der Waals surface area contributed by atoms with Crippen LogP contribution in [0.15, 0.2) is 21.6 Å².